The van der Waals surface area contributed by atoms with Crippen molar-refractivity contribution in [3.63, 3.8) is 0 Å². The zero-order chi connectivity index (χ0) is 17.6. The summed E-state index contributed by atoms with van der Waals surface area (Å²) in [5.74, 6) is 0. The lowest BCUT2D eigenvalue weighted by atomic mass is 10.1. The van der Waals surface area contributed by atoms with Crippen LogP contribution in [0.25, 0.3) is 22.3 Å². The largest absolute Gasteiger partial charge is 0.383 e. The number of benzene rings is 1. The van der Waals surface area contributed by atoms with Crippen LogP contribution >= 0.6 is 11.6 Å². The van der Waals surface area contributed by atoms with E-state index in [1.165, 1.54) is 0 Å². The van der Waals surface area contributed by atoms with E-state index in [0.717, 1.165) is 54.2 Å². The van der Waals surface area contributed by atoms with Crippen LogP contribution in [0.3, 0.4) is 0 Å². The van der Waals surface area contributed by atoms with Crippen molar-refractivity contribution < 1.29 is 0 Å². The van der Waals surface area contributed by atoms with Gasteiger partial charge in [-0.2, -0.15) is 0 Å². The van der Waals surface area contributed by atoms with Crippen molar-refractivity contribution in [2.45, 2.75) is 13.8 Å². The van der Waals surface area contributed by atoms with Crippen LogP contribution < -0.4 is 5.32 Å². The zero-order valence-corrected chi connectivity index (χ0v) is 15.4. The van der Waals surface area contributed by atoms with Gasteiger partial charge in [-0.15, -0.1) is 0 Å². The number of rotatable bonds is 7. The van der Waals surface area contributed by atoms with Gasteiger partial charge in [-0.3, -0.25) is 4.98 Å². The Kier molecular flexibility index (Phi) is 5.84. The highest BCUT2D eigenvalue weighted by molar-refractivity contribution is 6.31. The molecule has 0 bridgehead atoms. The molecule has 25 heavy (non-hydrogen) atoms. The van der Waals surface area contributed by atoms with Gasteiger partial charge in [0.2, 0.25) is 0 Å². The smallest absolute Gasteiger partial charge is 0.0914 e. The van der Waals surface area contributed by atoms with Crippen molar-refractivity contribution in [1.82, 2.24) is 14.9 Å². The van der Waals surface area contributed by atoms with Crippen molar-refractivity contribution >= 4 is 28.2 Å². The molecule has 0 saturated carbocycles. The highest BCUT2D eigenvalue weighted by atomic mass is 35.5. The fraction of sp³-hybridized carbons (Fsp3) is 0.300. The minimum Gasteiger partial charge on any atom is -0.383 e. The van der Waals surface area contributed by atoms with E-state index in [9.17, 15) is 0 Å². The molecule has 1 aromatic carbocycles. The summed E-state index contributed by atoms with van der Waals surface area (Å²) in [5.41, 5.74) is 3.69. The van der Waals surface area contributed by atoms with Crippen LogP contribution in [-0.2, 0) is 0 Å². The average molecular weight is 355 g/mol. The third-order valence-electron chi connectivity index (χ3n) is 4.34. The minimum absolute atomic E-state index is 0.715. The minimum atomic E-state index is 0.715. The first kappa shape index (κ1) is 17.6. The SMILES string of the molecule is CCN(CC)CCNc1cc(-c2ccccn2)nc2ccc(Cl)cc12. The molecule has 0 aliphatic rings. The van der Waals surface area contributed by atoms with Crippen LogP contribution in [0.15, 0.2) is 48.7 Å². The average Bonchev–Trinajstić information content (AvgIpc) is 2.66. The summed E-state index contributed by atoms with van der Waals surface area (Å²) in [4.78, 5) is 11.6. The number of likely N-dealkylation sites (N-methyl/N-ethyl adjacent to an activating group) is 1. The molecular formula is C20H23ClN4. The number of hydrogen-bond acceptors (Lipinski definition) is 4. The predicted molar refractivity (Wildman–Crippen MR) is 106 cm³/mol. The monoisotopic (exact) mass is 354 g/mol. The van der Waals surface area contributed by atoms with Gasteiger partial charge in [0.1, 0.15) is 0 Å². The van der Waals surface area contributed by atoms with Gasteiger partial charge in [-0.1, -0.05) is 31.5 Å². The van der Waals surface area contributed by atoms with Crippen LogP contribution in [0.1, 0.15) is 13.8 Å². The van der Waals surface area contributed by atoms with E-state index >= 15 is 0 Å². The highest BCUT2D eigenvalue weighted by Crippen LogP contribution is 2.29. The number of pyridine rings is 2. The van der Waals surface area contributed by atoms with Crippen molar-refractivity contribution in [2.24, 2.45) is 0 Å². The Morgan fingerprint density at radius 2 is 1.88 bits per heavy atom. The van der Waals surface area contributed by atoms with Gasteiger partial charge in [0.25, 0.3) is 0 Å². The molecule has 4 nitrogen and oxygen atoms in total. The van der Waals surface area contributed by atoms with Crippen LogP contribution in [0.2, 0.25) is 5.02 Å². The normalized spacial score (nSPS) is 11.2. The van der Waals surface area contributed by atoms with E-state index in [1.807, 2.05) is 36.4 Å². The topological polar surface area (TPSA) is 41.0 Å². The van der Waals surface area contributed by atoms with E-state index in [1.54, 1.807) is 6.20 Å². The van der Waals surface area contributed by atoms with E-state index < -0.39 is 0 Å². The Labute approximate surface area is 153 Å². The lowest BCUT2D eigenvalue weighted by molar-refractivity contribution is 0.316. The number of fused-ring (bicyclic) bond motifs is 1. The van der Waals surface area contributed by atoms with E-state index in [0.29, 0.717) is 5.02 Å². The Bertz CT molecular complexity index is 832. The summed E-state index contributed by atoms with van der Waals surface area (Å²) in [5, 5.41) is 5.30. The van der Waals surface area contributed by atoms with Crippen LogP contribution in [0.5, 0.6) is 0 Å². The van der Waals surface area contributed by atoms with Gasteiger partial charge in [0.15, 0.2) is 0 Å². The molecular weight excluding hydrogens is 332 g/mol. The lowest BCUT2D eigenvalue weighted by Crippen LogP contribution is -2.28. The summed E-state index contributed by atoms with van der Waals surface area (Å²) in [6, 6.07) is 13.7. The molecule has 0 fully saturated rings. The Balaban J connectivity index is 1.95. The quantitative estimate of drug-likeness (QED) is 0.667. The zero-order valence-electron chi connectivity index (χ0n) is 14.7. The van der Waals surface area contributed by atoms with E-state index in [2.05, 4.69) is 35.1 Å². The fourth-order valence-electron chi connectivity index (χ4n) is 2.88. The number of nitrogens with one attached hydrogen (secondary N) is 1. The van der Waals surface area contributed by atoms with Crippen molar-refractivity contribution in [1.29, 1.82) is 0 Å². The van der Waals surface area contributed by atoms with Crippen molar-refractivity contribution in [2.75, 3.05) is 31.5 Å². The van der Waals surface area contributed by atoms with E-state index in [-0.39, 0.29) is 0 Å². The fourth-order valence-corrected chi connectivity index (χ4v) is 3.05. The molecule has 1 N–H and O–H groups in total. The van der Waals surface area contributed by atoms with Gasteiger partial charge in [0.05, 0.1) is 16.9 Å². The molecule has 0 atom stereocenters. The third kappa shape index (κ3) is 4.27. The summed E-state index contributed by atoms with van der Waals surface area (Å²) >= 11 is 6.20. The van der Waals surface area contributed by atoms with Crippen LogP contribution in [0, 0.1) is 0 Å². The summed E-state index contributed by atoms with van der Waals surface area (Å²) in [7, 11) is 0. The maximum absolute atomic E-state index is 6.20. The first-order valence-electron chi connectivity index (χ1n) is 8.69. The second kappa shape index (κ2) is 8.28. The number of anilines is 1. The van der Waals surface area contributed by atoms with Gasteiger partial charge < -0.3 is 10.2 Å². The van der Waals surface area contributed by atoms with Gasteiger partial charge >= 0.3 is 0 Å². The number of hydrogen-bond donors (Lipinski definition) is 1. The van der Waals surface area contributed by atoms with Crippen molar-refractivity contribution in [3.05, 3.63) is 53.7 Å². The van der Waals surface area contributed by atoms with Gasteiger partial charge in [0, 0.05) is 35.4 Å². The van der Waals surface area contributed by atoms with E-state index in [4.69, 9.17) is 16.6 Å². The number of halogens is 1. The van der Waals surface area contributed by atoms with Gasteiger partial charge in [-0.05, 0) is 49.5 Å². The summed E-state index contributed by atoms with van der Waals surface area (Å²) in [6.07, 6.45) is 1.79. The molecule has 5 heteroatoms. The second-order valence-corrected chi connectivity index (χ2v) is 6.32. The second-order valence-electron chi connectivity index (χ2n) is 5.89. The van der Waals surface area contributed by atoms with Crippen molar-refractivity contribution in [3.8, 4) is 11.4 Å². The standard InChI is InChI=1S/C20H23ClN4/c1-3-25(4-2)12-11-23-19-14-20(18-7-5-6-10-22-18)24-17-9-8-15(21)13-16(17)19/h5-10,13-14H,3-4,11-12H2,1-2H3,(H,23,24). The molecule has 2 heterocycles. The molecule has 130 valence electrons. The van der Waals surface area contributed by atoms with Gasteiger partial charge in [-0.25, -0.2) is 4.98 Å². The number of nitrogens with zero attached hydrogens (tertiary/aromatic N) is 3. The Morgan fingerprint density at radius 3 is 2.60 bits per heavy atom. The maximum Gasteiger partial charge on any atom is 0.0914 e. The summed E-state index contributed by atoms with van der Waals surface area (Å²) < 4.78 is 0. The molecule has 0 amide bonds. The third-order valence-corrected chi connectivity index (χ3v) is 4.57. The first-order valence-corrected chi connectivity index (χ1v) is 9.07. The molecule has 0 saturated heterocycles. The molecule has 0 aliphatic carbocycles. The predicted octanol–water partition coefficient (Wildman–Crippen LogP) is 4.70. The molecule has 0 aliphatic heterocycles. The first-order chi connectivity index (χ1) is 12.2. The van der Waals surface area contributed by atoms with Crippen LogP contribution in [-0.4, -0.2) is 41.0 Å². The molecule has 3 aromatic rings. The highest BCUT2D eigenvalue weighted by Gasteiger charge is 2.09. The maximum atomic E-state index is 6.20. The molecule has 3 rings (SSSR count). The Morgan fingerprint density at radius 1 is 1.04 bits per heavy atom. The van der Waals surface area contributed by atoms with Crippen LogP contribution in [0.4, 0.5) is 5.69 Å². The molecule has 0 unspecified atom stereocenters. The number of aromatic nitrogens is 2. The molecule has 2 aromatic heterocycles. The lowest BCUT2D eigenvalue weighted by Gasteiger charge is -2.19. The molecule has 0 spiro atoms. The summed E-state index contributed by atoms with van der Waals surface area (Å²) in [6.45, 7) is 8.35. The molecule has 0 radical (unpaired) electrons. The Hall–Kier alpha value is -2.17.